The van der Waals surface area contributed by atoms with E-state index in [0.29, 0.717) is 0 Å². The van der Waals surface area contributed by atoms with Crippen LogP contribution in [0.5, 0.6) is 0 Å². The van der Waals surface area contributed by atoms with Crippen molar-refractivity contribution in [2.24, 2.45) is 0 Å². The molecule has 0 atom stereocenters. The van der Waals surface area contributed by atoms with Gasteiger partial charge < -0.3 is 0 Å². The number of aryl methyl sites for hydroxylation is 1. The fraction of sp³-hybridized carbons (Fsp3) is 0.0909. The third-order valence-electron chi connectivity index (χ3n) is 2.21. The van der Waals surface area contributed by atoms with E-state index in [1.54, 1.807) is 13.0 Å². The van der Waals surface area contributed by atoms with Crippen molar-refractivity contribution in [3.63, 3.8) is 0 Å². The van der Waals surface area contributed by atoms with Gasteiger partial charge in [-0.15, -0.1) is 11.3 Å². The van der Waals surface area contributed by atoms with E-state index in [9.17, 15) is 12.8 Å². The number of anilines is 1. The van der Waals surface area contributed by atoms with E-state index in [-0.39, 0.29) is 15.6 Å². The maximum Gasteiger partial charge on any atom is 0.263 e. The van der Waals surface area contributed by atoms with Gasteiger partial charge in [-0.3, -0.25) is 4.72 Å². The van der Waals surface area contributed by atoms with Crippen LogP contribution in [-0.4, -0.2) is 13.4 Å². The Bertz CT molecular complexity index is 762. The first-order chi connectivity index (χ1) is 8.92. The Morgan fingerprint density at radius 1 is 1.47 bits per heavy atom. The fourth-order valence-electron chi connectivity index (χ4n) is 1.33. The first-order valence-electron chi connectivity index (χ1n) is 5.07. The van der Waals surface area contributed by atoms with Gasteiger partial charge in [-0.2, -0.15) is 5.26 Å². The van der Waals surface area contributed by atoms with Gasteiger partial charge in [0, 0.05) is 11.1 Å². The predicted octanol–water partition coefficient (Wildman–Crippen LogP) is 2.26. The van der Waals surface area contributed by atoms with Crippen LogP contribution >= 0.6 is 11.3 Å². The number of benzene rings is 1. The Hall–Kier alpha value is -1.98. The highest BCUT2D eigenvalue weighted by Gasteiger charge is 2.17. The monoisotopic (exact) mass is 297 g/mol. The lowest BCUT2D eigenvalue weighted by Crippen LogP contribution is -2.13. The van der Waals surface area contributed by atoms with E-state index in [2.05, 4.69) is 9.71 Å². The Morgan fingerprint density at radius 2 is 2.21 bits per heavy atom. The average Bonchev–Trinajstić information content (AvgIpc) is 2.74. The zero-order valence-electron chi connectivity index (χ0n) is 9.71. The highest BCUT2D eigenvalue weighted by atomic mass is 32.2. The topological polar surface area (TPSA) is 82.8 Å². The zero-order chi connectivity index (χ0) is 14.0. The van der Waals surface area contributed by atoms with Gasteiger partial charge in [0.2, 0.25) is 0 Å². The van der Waals surface area contributed by atoms with Crippen LogP contribution in [-0.2, 0) is 10.0 Å². The molecule has 2 aromatic rings. The maximum atomic E-state index is 13.1. The third kappa shape index (κ3) is 2.89. The van der Waals surface area contributed by atoms with Gasteiger partial charge in [-0.25, -0.2) is 17.8 Å². The van der Waals surface area contributed by atoms with Gasteiger partial charge in [0.1, 0.15) is 11.9 Å². The molecule has 2 rings (SSSR count). The van der Waals surface area contributed by atoms with Crippen molar-refractivity contribution in [3.8, 4) is 6.07 Å². The standard InChI is InChI=1S/C11H8FN3O2S2/c1-7-6-14-11(18-7)15-19(16,17)9-2-3-10(12)8(4-9)5-13/h2-4,6H,1H3,(H,14,15). The molecule has 98 valence electrons. The summed E-state index contributed by atoms with van der Waals surface area (Å²) in [6.07, 6.45) is 1.54. The predicted molar refractivity (Wildman–Crippen MR) is 68.8 cm³/mol. The van der Waals surface area contributed by atoms with E-state index in [1.165, 1.54) is 17.5 Å². The van der Waals surface area contributed by atoms with Crippen LogP contribution in [0.1, 0.15) is 10.4 Å². The molecule has 1 aromatic carbocycles. The Morgan fingerprint density at radius 3 is 2.79 bits per heavy atom. The number of rotatable bonds is 3. The molecule has 0 amide bonds. The zero-order valence-corrected chi connectivity index (χ0v) is 11.3. The number of nitrogens with zero attached hydrogens (tertiary/aromatic N) is 2. The molecule has 0 radical (unpaired) electrons. The molecule has 19 heavy (non-hydrogen) atoms. The molecular formula is C11H8FN3O2S2. The van der Waals surface area contributed by atoms with E-state index < -0.39 is 15.8 Å². The highest BCUT2D eigenvalue weighted by Crippen LogP contribution is 2.22. The second-order valence-corrected chi connectivity index (χ2v) is 6.55. The lowest BCUT2D eigenvalue weighted by atomic mass is 10.2. The summed E-state index contributed by atoms with van der Waals surface area (Å²) in [6, 6.07) is 4.62. The molecular weight excluding hydrogens is 289 g/mol. The smallest absolute Gasteiger partial charge is 0.255 e. The van der Waals surface area contributed by atoms with E-state index in [0.717, 1.165) is 23.1 Å². The number of hydrogen-bond donors (Lipinski definition) is 1. The molecule has 0 aliphatic carbocycles. The number of nitrogens with one attached hydrogen (secondary N) is 1. The van der Waals surface area contributed by atoms with Crippen molar-refractivity contribution >= 4 is 26.5 Å². The number of halogens is 1. The molecule has 1 aromatic heterocycles. The molecule has 5 nitrogen and oxygen atoms in total. The minimum absolute atomic E-state index is 0.182. The Labute approximate surface area is 113 Å². The molecule has 0 bridgehead atoms. The molecule has 0 saturated carbocycles. The normalized spacial score (nSPS) is 11.0. The Balaban J connectivity index is 2.37. The number of aromatic nitrogens is 1. The summed E-state index contributed by atoms with van der Waals surface area (Å²) in [4.78, 5) is 4.55. The summed E-state index contributed by atoms with van der Waals surface area (Å²) in [5.41, 5.74) is -0.321. The van der Waals surface area contributed by atoms with Gasteiger partial charge in [0.05, 0.1) is 10.5 Å². The summed E-state index contributed by atoms with van der Waals surface area (Å²) in [6.45, 7) is 1.79. The first-order valence-corrected chi connectivity index (χ1v) is 7.37. The van der Waals surface area contributed by atoms with Crippen molar-refractivity contribution in [1.29, 1.82) is 5.26 Å². The van der Waals surface area contributed by atoms with Crippen molar-refractivity contribution in [1.82, 2.24) is 4.98 Å². The van der Waals surface area contributed by atoms with E-state index in [1.807, 2.05) is 0 Å². The number of nitriles is 1. The molecule has 0 saturated heterocycles. The Kier molecular flexibility index (Phi) is 3.50. The van der Waals surface area contributed by atoms with Crippen LogP contribution in [0.15, 0.2) is 29.3 Å². The van der Waals surface area contributed by atoms with Crippen molar-refractivity contribution in [2.45, 2.75) is 11.8 Å². The van der Waals surface area contributed by atoms with Gasteiger partial charge in [-0.1, -0.05) is 0 Å². The van der Waals surface area contributed by atoms with E-state index in [4.69, 9.17) is 5.26 Å². The average molecular weight is 297 g/mol. The lowest BCUT2D eigenvalue weighted by molar-refractivity contribution is 0.599. The van der Waals surface area contributed by atoms with Crippen LogP contribution in [0, 0.1) is 24.1 Å². The second-order valence-electron chi connectivity index (χ2n) is 3.64. The van der Waals surface area contributed by atoms with Gasteiger partial charge >= 0.3 is 0 Å². The number of thiazole rings is 1. The first kappa shape index (κ1) is 13.5. The summed E-state index contributed by atoms with van der Waals surface area (Å²) >= 11 is 1.18. The molecule has 0 aliphatic heterocycles. The van der Waals surface area contributed by atoms with Crippen LogP contribution < -0.4 is 4.72 Å². The molecule has 0 spiro atoms. The largest absolute Gasteiger partial charge is 0.263 e. The second kappa shape index (κ2) is 4.95. The fourth-order valence-corrected chi connectivity index (χ4v) is 3.27. The van der Waals surface area contributed by atoms with Gasteiger partial charge in [0.25, 0.3) is 10.0 Å². The molecule has 0 unspecified atom stereocenters. The maximum absolute atomic E-state index is 13.1. The molecule has 1 N–H and O–H groups in total. The van der Waals surface area contributed by atoms with Gasteiger partial charge in [0.15, 0.2) is 5.13 Å². The third-order valence-corrected chi connectivity index (χ3v) is 4.51. The van der Waals surface area contributed by atoms with Crippen LogP contribution in [0.4, 0.5) is 9.52 Å². The molecule has 8 heteroatoms. The summed E-state index contributed by atoms with van der Waals surface area (Å²) < 4.78 is 39.4. The summed E-state index contributed by atoms with van der Waals surface area (Å²) in [5.74, 6) is -0.758. The molecule has 1 heterocycles. The minimum Gasteiger partial charge on any atom is -0.255 e. The van der Waals surface area contributed by atoms with Crippen molar-refractivity contribution < 1.29 is 12.8 Å². The minimum atomic E-state index is -3.87. The highest BCUT2D eigenvalue weighted by molar-refractivity contribution is 7.93. The number of hydrogen-bond acceptors (Lipinski definition) is 5. The van der Waals surface area contributed by atoms with E-state index >= 15 is 0 Å². The molecule has 0 fully saturated rings. The summed E-state index contributed by atoms with van der Waals surface area (Å²) in [7, 11) is -3.87. The van der Waals surface area contributed by atoms with Crippen molar-refractivity contribution in [3.05, 3.63) is 40.7 Å². The summed E-state index contributed by atoms with van der Waals surface area (Å²) in [5, 5.41) is 8.91. The van der Waals surface area contributed by atoms with Gasteiger partial charge in [-0.05, 0) is 25.1 Å². The van der Waals surface area contributed by atoms with Crippen LogP contribution in [0.25, 0.3) is 0 Å². The lowest BCUT2D eigenvalue weighted by Gasteiger charge is -2.05. The van der Waals surface area contributed by atoms with Crippen LogP contribution in [0.2, 0.25) is 0 Å². The SMILES string of the molecule is Cc1cnc(NS(=O)(=O)c2ccc(F)c(C#N)c2)s1. The van der Waals surface area contributed by atoms with Crippen LogP contribution in [0.3, 0.4) is 0 Å². The van der Waals surface area contributed by atoms with Crippen molar-refractivity contribution in [2.75, 3.05) is 4.72 Å². The number of sulfonamides is 1. The quantitative estimate of drug-likeness (QED) is 0.942. The molecule has 0 aliphatic rings.